The zero-order valence-corrected chi connectivity index (χ0v) is 17.9. The predicted octanol–water partition coefficient (Wildman–Crippen LogP) is 0.732. The lowest BCUT2D eigenvalue weighted by atomic mass is 10.1. The summed E-state index contributed by atoms with van der Waals surface area (Å²) in [5.74, 6) is -2.86. The zero-order chi connectivity index (χ0) is 23.6. The Morgan fingerprint density at radius 1 is 0.871 bits per heavy atom. The quantitative estimate of drug-likeness (QED) is 0.203. The minimum atomic E-state index is -1.31. The van der Waals surface area contributed by atoms with Crippen LogP contribution in [0.15, 0.2) is 48.8 Å². The van der Waals surface area contributed by atoms with Gasteiger partial charge in [-0.2, -0.15) is 0 Å². The van der Waals surface area contributed by atoms with Gasteiger partial charge in [0.1, 0.15) is 13.2 Å². The molecule has 1 N–H and O–H groups in total. The van der Waals surface area contributed by atoms with Crippen molar-refractivity contribution in [2.75, 3.05) is 19.8 Å². The van der Waals surface area contributed by atoms with Gasteiger partial charge >= 0.3 is 17.9 Å². The second-order valence-electron chi connectivity index (χ2n) is 6.44. The highest BCUT2D eigenvalue weighted by Crippen LogP contribution is 2.01. The number of H-pyrrole nitrogens is 1. The molecule has 0 spiro atoms. The molecule has 0 saturated carbocycles. The van der Waals surface area contributed by atoms with E-state index in [-0.39, 0.29) is 37.6 Å². The Morgan fingerprint density at radius 3 is 1.90 bits per heavy atom. The van der Waals surface area contributed by atoms with Crippen LogP contribution in [-0.4, -0.2) is 43.7 Å². The summed E-state index contributed by atoms with van der Waals surface area (Å²) in [5.41, 5.74) is 1.94. The molecule has 1 rings (SSSR count). The van der Waals surface area contributed by atoms with E-state index in [9.17, 15) is 24.3 Å². The van der Waals surface area contributed by atoms with E-state index in [1.54, 1.807) is 6.92 Å². The van der Waals surface area contributed by atoms with Crippen molar-refractivity contribution in [1.29, 1.82) is 0 Å². The van der Waals surface area contributed by atoms with Crippen LogP contribution in [0.3, 0.4) is 0 Å². The number of nitrogens with one attached hydrogen (secondary N) is 1. The summed E-state index contributed by atoms with van der Waals surface area (Å²) < 4.78 is 14.2. The third-order valence-corrected chi connectivity index (χ3v) is 3.44. The van der Waals surface area contributed by atoms with Gasteiger partial charge in [0, 0.05) is 29.2 Å². The molecule has 0 aliphatic carbocycles. The van der Waals surface area contributed by atoms with Crippen LogP contribution in [-0.2, 0) is 39.8 Å². The van der Waals surface area contributed by atoms with Crippen molar-refractivity contribution < 1.29 is 43.5 Å². The molecule has 0 saturated heterocycles. The van der Waals surface area contributed by atoms with Crippen molar-refractivity contribution >= 4 is 23.9 Å². The van der Waals surface area contributed by atoms with Crippen molar-refractivity contribution in [3.05, 3.63) is 54.4 Å². The first-order valence-electron chi connectivity index (χ1n) is 9.59. The molecule has 0 atom stereocenters. The molecule has 0 fully saturated rings. The van der Waals surface area contributed by atoms with Crippen LogP contribution in [0, 0.1) is 0 Å². The number of hydrogen-bond donors (Lipinski definition) is 0. The van der Waals surface area contributed by atoms with Crippen LogP contribution in [0.2, 0.25) is 0 Å². The summed E-state index contributed by atoms with van der Waals surface area (Å²) in [7, 11) is 0. The maximum Gasteiger partial charge on any atom is 0.333 e. The summed E-state index contributed by atoms with van der Waals surface area (Å²) in [4.78, 5) is 45.7. The Morgan fingerprint density at radius 2 is 1.39 bits per heavy atom. The monoisotopic (exact) mass is 435 g/mol. The topological polar surface area (TPSA) is 133 Å². The van der Waals surface area contributed by atoms with Gasteiger partial charge < -0.3 is 24.1 Å². The van der Waals surface area contributed by atoms with Crippen LogP contribution in [0.1, 0.15) is 38.7 Å². The summed E-state index contributed by atoms with van der Waals surface area (Å²) in [6.07, 6.45) is 4.88. The third kappa shape index (κ3) is 16.0. The highest BCUT2D eigenvalue weighted by atomic mass is 16.6. The van der Waals surface area contributed by atoms with Crippen LogP contribution in [0.5, 0.6) is 0 Å². The lowest BCUT2D eigenvalue weighted by Gasteiger charge is -2.06. The fourth-order valence-electron chi connectivity index (χ4n) is 1.84. The Hall–Kier alpha value is -3.49. The Balaban J connectivity index is 0.000000581. The average molecular weight is 435 g/mol. The van der Waals surface area contributed by atoms with E-state index in [4.69, 9.17) is 4.74 Å². The summed E-state index contributed by atoms with van der Waals surface area (Å²) in [6, 6.07) is 4.03. The van der Waals surface area contributed by atoms with E-state index >= 15 is 0 Å². The molecule has 1 aromatic heterocycles. The largest absolute Gasteiger partial charge is 0.550 e. The Labute approximate surface area is 181 Å². The van der Waals surface area contributed by atoms with Crippen molar-refractivity contribution in [1.82, 2.24) is 0 Å². The van der Waals surface area contributed by atoms with E-state index < -0.39 is 17.9 Å². The smallest absolute Gasteiger partial charge is 0.333 e. The number of ether oxygens (including phenoxy) is 3. The van der Waals surface area contributed by atoms with E-state index in [1.165, 1.54) is 12.5 Å². The number of carbonyl (C=O) groups excluding carboxylic acids is 4. The van der Waals surface area contributed by atoms with E-state index in [0.29, 0.717) is 12.2 Å². The molecule has 9 heteroatoms. The molecule has 0 aliphatic heterocycles. The number of pyridine rings is 1. The second-order valence-corrected chi connectivity index (χ2v) is 6.44. The van der Waals surface area contributed by atoms with Gasteiger partial charge in [0.15, 0.2) is 12.4 Å². The van der Waals surface area contributed by atoms with Gasteiger partial charge in [-0.05, 0) is 38.7 Å². The van der Waals surface area contributed by atoms with Crippen LogP contribution >= 0.6 is 0 Å². The summed E-state index contributed by atoms with van der Waals surface area (Å²) in [6.45, 7) is 10.3. The fourth-order valence-corrected chi connectivity index (χ4v) is 1.84. The van der Waals surface area contributed by atoms with Gasteiger partial charge in [-0.3, -0.25) is 4.79 Å². The zero-order valence-electron chi connectivity index (χ0n) is 17.9. The van der Waals surface area contributed by atoms with Gasteiger partial charge in [-0.1, -0.05) is 13.2 Å². The lowest BCUT2D eigenvalue weighted by Crippen LogP contribution is -2.23. The molecule has 0 aliphatic rings. The number of aromatic nitrogens is 1. The van der Waals surface area contributed by atoms with Gasteiger partial charge in [-0.15, -0.1) is 0 Å². The standard InChI is InChI=1S/C12H15NO2.C10H14O6/c1-10(2)12(14)15-9-3-4-11-5-7-13-8-6-11;1-7(2)10(14)16-6-5-15-9(13)4-3-8(11)12/h5-8H,1,3-4,9H2,2H3;1,3-6H2,2H3,(H,11,12). The normalized spacial score (nSPS) is 9.48. The van der Waals surface area contributed by atoms with Crippen molar-refractivity contribution in [3.63, 3.8) is 0 Å². The van der Waals surface area contributed by atoms with Crippen LogP contribution in [0.4, 0.5) is 0 Å². The minimum absolute atomic E-state index is 0.0806. The third-order valence-electron chi connectivity index (χ3n) is 3.44. The van der Waals surface area contributed by atoms with Crippen molar-refractivity contribution in [2.24, 2.45) is 0 Å². The van der Waals surface area contributed by atoms with Crippen LogP contribution < -0.4 is 10.1 Å². The molecule has 170 valence electrons. The van der Waals surface area contributed by atoms with E-state index in [2.05, 4.69) is 27.6 Å². The molecule has 9 nitrogen and oxygen atoms in total. The first-order valence-corrected chi connectivity index (χ1v) is 9.59. The lowest BCUT2D eigenvalue weighted by molar-refractivity contribution is -0.378. The summed E-state index contributed by atoms with van der Waals surface area (Å²) >= 11 is 0. The van der Waals surface area contributed by atoms with Gasteiger partial charge in [0.2, 0.25) is 0 Å². The average Bonchev–Trinajstić information content (AvgIpc) is 2.73. The summed E-state index contributed by atoms with van der Waals surface area (Å²) in [5, 5.41) is 10.0. The molecular formula is C22H29NO8. The van der Waals surface area contributed by atoms with Gasteiger partial charge in [0.25, 0.3) is 0 Å². The van der Waals surface area contributed by atoms with Gasteiger partial charge in [-0.25, -0.2) is 14.6 Å². The molecule has 0 aromatic carbocycles. The second kappa shape index (κ2) is 16.3. The predicted molar refractivity (Wildman–Crippen MR) is 108 cm³/mol. The minimum Gasteiger partial charge on any atom is -0.550 e. The number of carboxylic acid groups (broad SMARTS) is 1. The molecule has 1 aromatic rings. The Kier molecular flexibility index (Phi) is 14.5. The van der Waals surface area contributed by atoms with E-state index in [0.717, 1.165) is 12.8 Å². The first kappa shape index (κ1) is 27.5. The maximum atomic E-state index is 11.0. The molecule has 31 heavy (non-hydrogen) atoms. The number of carbonyl (C=O) groups is 4. The number of aromatic amines is 1. The fraction of sp³-hybridized carbons (Fsp3) is 0.409. The molecule has 0 unspecified atom stereocenters. The Bertz CT molecular complexity index is 758. The molecule has 0 radical (unpaired) electrons. The first-order chi connectivity index (χ1) is 14.6. The van der Waals surface area contributed by atoms with E-state index in [1.807, 2.05) is 24.5 Å². The van der Waals surface area contributed by atoms with Crippen LogP contribution in [0.25, 0.3) is 0 Å². The number of carboxylic acids is 1. The SMILES string of the molecule is C=C(C)C(=O)OCCCc1cc[nH+]cc1.C=C(C)C(=O)OCCOC(=O)CCC(=O)[O-]. The number of hydrogen-bond acceptors (Lipinski definition) is 8. The highest BCUT2D eigenvalue weighted by molar-refractivity contribution is 5.87. The molecular weight excluding hydrogens is 406 g/mol. The van der Waals surface area contributed by atoms with Gasteiger partial charge in [0.05, 0.1) is 13.0 Å². The maximum absolute atomic E-state index is 11.0. The number of aliphatic carboxylic acids is 1. The van der Waals surface area contributed by atoms with Crippen molar-refractivity contribution in [2.45, 2.75) is 39.5 Å². The van der Waals surface area contributed by atoms with Crippen molar-refractivity contribution in [3.8, 4) is 0 Å². The number of aryl methyl sites for hydroxylation is 1. The number of rotatable bonds is 12. The number of esters is 3. The molecule has 0 amide bonds. The molecule has 1 heterocycles. The highest BCUT2D eigenvalue weighted by Gasteiger charge is 2.05. The molecule has 0 bridgehead atoms.